The molecular weight excluding hydrogens is 272 g/mol. The molecule has 1 rings (SSSR count). The molecule has 1 saturated carbocycles. The molecular formula is C15H28N2O4. The van der Waals surface area contributed by atoms with E-state index in [9.17, 15) is 9.59 Å². The lowest BCUT2D eigenvalue weighted by Crippen LogP contribution is -2.51. The second-order valence-electron chi connectivity index (χ2n) is 6.50. The molecule has 0 saturated heterocycles. The summed E-state index contributed by atoms with van der Waals surface area (Å²) in [7, 11) is 1.78. The Kier molecular flexibility index (Phi) is 6.45. The van der Waals surface area contributed by atoms with Gasteiger partial charge in [-0.15, -0.1) is 0 Å². The fraction of sp³-hybridized carbons (Fsp3) is 0.867. The lowest BCUT2D eigenvalue weighted by molar-refractivity contribution is -0.151. The number of amides is 1. The molecule has 1 fully saturated rings. The van der Waals surface area contributed by atoms with Gasteiger partial charge < -0.3 is 9.47 Å². The zero-order chi connectivity index (χ0) is 16.0. The van der Waals surface area contributed by atoms with Crippen molar-refractivity contribution in [2.45, 2.75) is 77.5 Å². The maximum atomic E-state index is 11.8. The number of rotatable bonds is 5. The van der Waals surface area contributed by atoms with Gasteiger partial charge in [0.05, 0.1) is 6.04 Å². The van der Waals surface area contributed by atoms with Gasteiger partial charge in [-0.1, -0.05) is 6.92 Å². The quantitative estimate of drug-likeness (QED) is 0.624. The maximum Gasteiger partial charge on any atom is 0.422 e. The van der Waals surface area contributed by atoms with Gasteiger partial charge in [-0.2, -0.15) is 0 Å². The Bertz CT molecular complexity index is 365. The molecule has 1 amide bonds. The molecule has 0 aromatic rings. The van der Waals surface area contributed by atoms with Gasteiger partial charge >= 0.3 is 12.1 Å². The van der Waals surface area contributed by atoms with Crippen LogP contribution in [0.3, 0.4) is 0 Å². The monoisotopic (exact) mass is 300 g/mol. The molecule has 21 heavy (non-hydrogen) atoms. The van der Waals surface area contributed by atoms with Crippen LogP contribution in [-0.2, 0) is 14.3 Å². The second kappa shape index (κ2) is 7.64. The van der Waals surface area contributed by atoms with E-state index in [4.69, 9.17) is 9.47 Å². The first-order valence-electron chi connectivity index (χ1n) is 7.65. The Hall–Kier alpha value is -1.30. The highest BCUT2D eigenvalue weighted by atomic mass is 16.6. The molecule has 122 valence electrons. The summed E-state index contributed by atoms with van der Waals surface area (Å²) in [5.41, 5.74) is 2.16. The third-order valence-electron chi connectivity index (χ3n) is 3.32. The van der Waals surface area contributed by atoms with Crippen LogP contribution in [0.5, 0.6) is 0 Å². The first kappa shape index (κ1) is 17.8. The third-order valence-corrected chi connectivity index (χ3v) is 3.32. The molecule has 0 heterocycles. The zero-order valence-corrected chi connectivity index (χ0v) is 13.8. The number of nitrogens with one attached hydrogen (secondary N) is 1. The Morgan fingerprint density at radius 3 is 2.52 bits per heavy atom. The number of likely N-dealkylation sites (N-methyl/N-ethyl adjacent to an activating group) is 1. The highest BCUT2D eigenvalue weighted by molar-refractivity contribution is 5.69. The first-order valence-corrected chi connectivity index (χ1v) is 7.65. The number of carbonyl (C=O) groups excluding carboxylic acids is 2. The smallest absolute Gasteiger partial charge is 0.422 e. The maximum absolute atomic E-state index is 11.8. The van der Waals surface area contributed by atoms with Crippen molar-refractivity contribution >= 4 is 12.1 Å². The number of hydrogen-bond acceptors (Lipinski definition) is 5. The van der Waals surface area contributed by atoms with Crippen LogP contribution in [0.1, 0.15) is 59.8 Å². The first-order chi connectivity index (χ1) is 9.73. The second-order valence-corrected chi connectivity index (χ2v) is 6.50. The van der Waals surface area contributed by atoms with Crippen molar-refractivity contribution in [3.8, 4) is 0 Å². The summed E-state index contributed by atoms with van der Waals surface area (Å²) >= 11 is 0. The molecule has 6 heteroatoms. The van der Waals surface area contributed by atoms with Crippen molar-refractivity contribution in [3.63, 3.8) is 0 Å². The average molecular weight is 300 g/mol. The van der Waals surface area contributed by atoms with E-state index in [1.807, 2.05) is 27.7 Å². The van der Waals surface area contributed by atoms with Crippen molar-refractivity contribution < 1.29 is 19.1 Å². The SMILES string of the molecule is CCCC(=O)O[C@@H]1CCC[C@@H]1N(C)NC(=O)OC(C)(C)C. The van der Waals surface area contributed by atoms with Crippen LogP contribution in [0, 0.1) is 0 Å². The molecule has 1 aliphatic carbocycles. The molecule has 0 aliphatic heterocycles. The largest absolute Gasteiger partial charge is 0.461 e. The van der Waals surface area contributed by atoms with E-state index in [0.717, 1.165) is 25.7 Å². The van der Waals surface area contributed by atoms with Crippen LogP contribution in [0.15, 0.2) is 0 Å². The van der Waals surface area contributed by atoms with Crippen molar-refractivity contribution in [2.75, 3.05) is 7.05 Å². The summed E-state index contributed by atoms with van der Waals surface area (Å²) in [6.45, 7) is 7.40. The Morgan fingerprint density at radius 1 is 1.29 bits per heavy atom. The predicted octanol–water partition coefficient (Wildman–Crippen LogP) is 2.62. The van der Waals surface area contributed by atoms with Crippen molar-refractivity contribution in [1.29, 1.82) is 0 Å². The normalized spacial score (nSPS) is 22.2. The van der Waals surface area contributed by atoms with E-state index >= 15 is 0 Å². The van der Waals surface area contributed by atoms with E-state index in [1.54, 1.807) is 12.1 Å². The summed E-state index contributed by atoms with van der Waals surface area (Å²) in [4.78, 5) is 23.4. The Labute approximate surface area is 127 Å². The molecule has 1 N–H and O–H groups in total. The van der Waals surface area contributed by atoms with Gasteiger partial charge in [-0.3, -0.25) is 10.2 Å². The number of ether oxygens (including phenoxy) is 2. The number of esters is 1. The Morgan fingerprint density at radius 2 is 1.95 bits per heavy atom. The van der Waals surface area contributed by atoms with Crippen LogP contribution in [0.4, 0.5) is 4.79 Å². The zero-order valence-electron chi connectivity index (χ0n) is 13.8. The van der Waals surface area contributed by atoms with Crippen LogP contribution in [0.25, 0.3) is 0 Å². The highest BCUT2D eigenvalue weighted by Crippen LogP contribution is 2.26. The van der Waals surface area contributed by atoms with E-state index in [1.165, 1.54) is 0 Å². The standard InChI is InChI=1S/C15H28N2O4/c1-6-8-13(18)20-12-10-7-9-11(12)17(5)16-14(19)21-15(2,3)4/h11-12H,6-10H2,1-5H3,(H,16,19)/t11-,12+/m0/s1. The number of nitrogens with zero attached hydrogens (tertiary/aromatic N) is 1. The molecule has 2 atom stereocenters. The number of hydrogen-bond donors (Lipinski definition) is 1. The van der Waals surface area contributed by atoms with Gasteiger partial charge in [0.1, 0.15) is 11.7 Å². The van der Waals surface area contributed by atoms with E-state index < -0.39 is 11.7 Å². The van der Waals surface area contributed by atoms with Gasteiger partial charge in [-0.25, -0.2) is 9.80 Å². The molecule has 0 radical (unpaired) electrons. The van der Waals surface area contributed by atoms with E-state index in [2.05, 4.69) is 5.43 Å². The van der Waals surface area contributed by atoms with Gasteiger partial charge in [-0.05, 0) is 46.5 Å². The number of hydrazine groups is 1. The number of carbonyl (C=O) groups is 2. The van der Waals surface area contributed by atoms with Crippen LogP contribution in [-0.4, -0.2) is 41.9 Å². The minimum atomic E-state index is -0.534. The molecule has 0 aromatic heterocycles. The highest BCUT2D eigenvalue weighted by Gasteiger charge is 2.34. The summed E-state index contributed by atoms with van der Waals surface area (Å²) < 4.78 is 10.7. The summed E-state index contributed by atoms with van der Waals surface area (Å²) in [6, 6.07) is -0.00155. The minimum Gasteiger partial charge on any atom is -0.461 e. The van der Waals surface area contributed by atoms with Crippen molar-refractivity contribution in [3.05, 3.63) is 0 Å². The minimum absolute atomic E-state index is 0.00155. The summed E-state index contributed by atoms with van der Waals surface area (Å²) in [6.07, 6.45) is 3.26. The van der Waals surface area contributed by atoms with Gasteiger partial charge in [0.15, 0.2) is 0 Å². The predicted molar refractivity (Wildman–Crippen MR) is 79.6 cm³/mol. The van der Waals surface area contributed by atoms with Gasteiger partial charge in [0, 0.05) is 13.5 Å². The summed E-state index contributed by atoms with van der Waals surface area (Å²) in [5, 5.41) is 1.70. The van der Waals surface area contributed by atoms with Crippen LogP contribution in [0.2, 0.25) is 0 Å². The molecule has 0 bridgehead atoms. The van der Waals surface area contributed by atoms with Crippen LogP contribution >= 0.6 is 0 Å². The molecule has 1 aliphatic rings. The van der Waals surface area contributed by atoms with Crippen molar-refractivity contribution in [1.82, 2.24) is 10.4 Å². The summed E-state index contributed by atoms with van der Waals surface area (Å²) in [5.74, 6) is -0.167. The van der Waals surface area contributed by atoms with Crippen molar-refractivity contribution in [2.24, 2.45) is 0 Å². The lowest BCUT2D eigenvalue weighted by atomic mass is 10.2. The molecule has 0 spiro atoms. The fourth-order valence-electron chi connectivity index (χ4n) is 2.45. The molecule has 6 nitrogen and oxygen atoms in total. The third kappa shape index (κ3) is 6.33. The topological polar surface area (TPSA) is 67.9 Å². The van der Waals surface area contributed by atoms with Gasteiger partial charge in [0.2, 0.25) is 0 Å². The van der Waals surface area contributed by atoms with Gasteiger partial charge in [0.25, 0.3) is 0 Å². The van der Waals surface area contributed by atoms with Crippen LogP contribution < -0.4 is 5.43 Å². The van der Waals surface area contributed by atoms with E-state index in [-0.39, 0.29) is 18.1 Å². The molecule has 0 aromatic carbocycles. The Balaban J connectivity index is 2.50. The van der Waals surface area contributed by atoms with E-state index in [0.29, 0.717) is 6.42 Å². The average Bonchev–Trinajstić information content (AvgIpc) is 2.74. The lowest BCUT2D eigenvalue weighted by Gasteiger charge is -2.30. The fourth-order valence-corrected chi connectivity index (χ4v) is 2.45. The molecule has 0 unspecified atom stereocenters.